The zero-order valence-electron chi connectivity index (χ0n) is 14.8. The van der Waals surface area contributed by atoms with Gasteiger partial charge < -0.3 is 5.73 Å². The van der Waals surface area contributed by atoms with Crippen molar-refractivity contribution in [2.45, 2.75) is 25.2 Å². The van der Waals surface area contributed by atoms with E-state index in [-0.39, 0.29) is 17.3 Å². The van der Waals surface area contributed by atoms with Crippen LogP contribution in [-0.4, -0.2) is 10.7 Å². The highest BCUT2D eigenvalue weighted by atomic mass is 32.1. The number of non-ortho nitro benzene ring substituents is 1. The molecule has 1 aliphatic carbocycles. The number of rotatable bonds is 3. The van der Waals surface area contributed by atoms with Crippen molar-refractivity contribution < 1.29 is 9.72 Å². The summed E-state index contributed by atoms with van der Waals surface area (Å²) in [4.78, 5) is 25.3. The first-order valence-electron chi connectivity index (χ1n) is 8.75. The number of nitriles is 1. The molecule has 0 saturated carbocycles. The van der Waals surface area contributed by atoms with Gasteiger partial charge in [0.1, 0.15) is 5.82 Å². The van der Waals surface area contributed by atoms with Gasteiger partial charge in [-0.1, -0.05) is 6.07 Å². The Morgan fingerprint density at radius 2 is 2.14 bits per heavy atom. The fraction of sp³-hybridized carbons (Fsp3) is 0.200. The molecule has 2 aliphatic rings. The van der Waals surface area contributed by atoms with Gasteiger partial charge in [0.25, 0.3) is 5.69 Å². The van der Waals surface area contributed by atoms with Crippen molar-refractivity contribution in [1.29, 1.82) is 5.26 Å². The van der Waals surface area contributed by atoms with Crippen LogP contribution < -0.4 is 10.6 Å². The maximum absolute atomic E-state index is 12.9. The maximum Gasteiger partial charge on any atom is 0.271 e. The highest BCUT2D eigenvalue weighted by Crippen LogP contribution is 2.46. The number of nitro benzene ring substituents is 1. The van der Waals surface area contributed by atoms with Crippen molar-refractivity contribution in [1.82, 2.24) is 0 Å². The van der Waals surface area contributed by atoms with Crippen molar-refractivity contribution in [2.24, 2.45) is 5.73 Å². The van der Waals surface area contributed by atoms with E-state index in [0.717, 1.165) is 11.3 Å². The Bertz CT molecular complexity index is 1080. The second-order valence-electron chi connectivity index (χ2n) is 6.65. The van der Waals surface area contributed by atoms with Gasteiger partial charge in [-0.2, -0.15) is 16.6 Å². The number of ketones is 1. The molecule has 1 aromatic carbocycles. The highest BCUT2D eigenvalue weighted by molar-refractivity contribution is 7.08. The molecule has 2 aromatic rings. The van der Waals surface area contributed by atoms with Gasteiger partial charge in [-0.25, -0.2) is 0 Å². The van der Waals surface area contributed by atoms with Gasteiger partial charge in [0, 0.05) is 29.8 Å². The van der Waals surface area contributed by atoms with E-state index in [0.29, 0.717) is 36.1 Å². The number of hydrogen-bond acceptors (Lipinski definition) is 7. The standard InChI is InChI=1S/C20H16N4O3S/c21-10-15-18(12-7-8-28-11-12)19-16(5-2-6-17(19)25)23(20(15)22)13-3-1-4-14(9-13)24(26)27/h1,3-4,7-9,11,18H,2,5-6,22H2/t18-/m0/s1. The van der Waals surface area contributed by atoms with E-state index in [2.05, 4.69) is 6.07 Å². The molecule has 1 aromatic heterocycles. The predicted octanol–water partition coefficient (Wildman–Crippen LogP) is 3.96. The van der Waals surface area contributed by atoms with Crippen molar-refractivity contribution >= 4 is 28.5 Å². The lowest BCUT2D eigenvalue weighted by atomic mass is 9.76. The summed E-state index contributed by atoms with van der Waals surface area (Å²) in [5, 5.41) is 24.9. The quantitative estimate of drug-likeness (QED) is 0.625. The molecule has 0 bridgehead atoms. The Kier molecular flexibility index (Phi) is 4.45. The van der Waals surface area contributed by atoms with Gasteiger partial charge in [0.15, 0.2) is 5.78 Å². The molecule has 0 fully saturated rings. The minimum Gasteiger partial charge on any atom is -0.384 e. The average Bonchev–Trinajstić information content (AvgIpc) is 3.21. The van der Waals surface area contributed by atoms with Crippen LogP contribution in [0, 0.1) is 21.4 Å². The average molecular weight is 392 g/mol. The predicted molar refractivity (Wildman–Crippen MR) is 105 cm³/mol. The van der Waals surface area contributed by atoms with Crippen LogP contribution in [-0.2, 0) is 4.79 Å². The molecule has 1 atom stereocenters. The van der Waals surface area contributed by atoms with Crippen molar-refractivity contribution in [3.8, 4) is 6.07 Å². The summed E-state index contributed by atoms with van der Waals surface area (Å²) < 4.78 is 0. The van der Waals surface area contributed by atoms with Gasteiger partial charge in [-0.3, -0.25) is 19.8 Å². The summed E-state index contributed by atoms with van der Waals surface area (Å²) in [7, 11) is 0. The molecule has 0 radical (unpaired) electrons. The topological polar surface area (TPSA) is 113 Å². The van der Waals surface area contributed by atoms with E-state index in [4.69, 9.17) is 5.73 Å². The zero-order valence-corrected chi connectivity index (χ0v) is 15.6. The normalized spacial score (nSPS) is 19.5. The summed E-state index contributed by atoms with van der Waals surface area (Å²) in [5.41, 5.74) is 9.27. The third-order valence-electron chi connectivity index (χ3n) is 5.09. The van der Waals surface area contributed by atoms with Gasteiger partial charge >= 0.3 is 0 Å². The third kappa shape index (κ3) is 2.77. The molecule has 0 spiro atoms. The zero-order chi connectivity index (χ0) is 19.8. The SMILES string of the molecule is N#CC1=C(N)N(c2cccc([N+](=O)[O-])c2)C2=C(C(=O)CCC2)[C@H]1c1ccsc1. The third-order valence-corrected chi connectivity index (χ3v) is 5.79. The molecular formula is C20H16N4O3S. The van der Waals surface area contributed by atoms with E-state index >= 15 is 0 Å². The molecule has 140 valence electrons. The number of benzene rings is 1. The summed E-state index contributed by atoms with van der Waals surface area (Å²) in [6, 6.07) is 10.2. The number of carbonyl (C=O) groups is 1. The van der Waals surface area contributed by atoms with Crippen LogP contribution in [0.5, 0.6) is 0 Å². The summed E-state index contributed by atoms with van der Waals surface area (Å²) in [6.45, 7) is 0. The molecule has 0 saturated heterocycles. The molecule has 2 heterocycles. The van der Waals surface area contributed by atoms with Gasteiger partial charge in [-0.05, 0) is 41.3 Å². The number of thiophene rings is 1. The van der Waals surface area contributed by atoms with Crippen LogP contribution in [0.3, 0.4) is 0 Å². The Morgan fingerprint density at radius 1 is 1.32 bits per heavy atom. The summed E-state index contributed by atoms with van der Waals surface area (Å²) in [5.74, 6) is -0.283. The number of allylic oxidation sites excluding steroid dienone is 3. The first-order chi connectivity index (χ1) is 13.5. The van der Waals surface area contributed by atoms with Crippen molar-refractivity contribution in [3.63, 3.8) is 0 Å². The van der Waals surface area contributed by atoms with Gasteiger partial charge in [0.05, 0.1) is 28.2 Å². The first kappa shape index (κ1) is 17.9. The molecule has 0 unspecified atom stereocenters. The van der Waals surface area contributed by atoms with Crippen molar-refractivity contribution in [3.05, 3.63) is 79.4 Å². The largest absolute Gasteiger partial charge is 0.384 e. The molecule has 1 aliphatic heterocycles. The van der Waals surface area contributed by atoms with E-state index < -0.39 is 10.8 Å². The first-order valence-corrected chi connectivity index (χ1v) is 9.70. The van der Waals surface area contributed by atoms with E-state index in [1.54, 1.807) is 17.0 Å². The molecule has 2 N–H and O–H groups in total. The Hall–Kier alpha value is -3.44. The number of nitro groups is 1. The lowest BCUT2D eigenvalue weighted by Gasteiger charge is -2.39. The molecule has 8 heteroatoms. The monoisotopic (exact) mass is 392 g/mol. The number of nitrogens with zero attached hydrogens (tertiary/aromatic N) is 3. The second kappa shape index (κ2) is 6.94. The minimum atomic E-state index is -0.492. The second-order valence-corrected chi connectivity index (χ2v) is 7.43. The smallest absolute Gasteiger partial charge is 0.271 e. The molecular weight excluding hydrogens is 376 g/mol. The van der Waals surface area contributed by atoms with E-state index in [1.807, 2.05) is 16.8 Å². The number of hydrogen-bond donors (Lipinski definition) is 1. The van der Waals surface area contributed by atoms with Crippen LogP contribution in [0.25, 0.3) is 0 Å². The van der Waals surface area contributed by atoms with E-state index in [1.165, 1.54) is 23.5 Å². The number of Topliss-reactive ketones (excluding diaryl/α,β-unsaturated/α-hetero) is 1. The van der Waals surface area contributed by atoms with Crippen LogP contribution in [0.4, 0.5) is 11.4 Å². The molecule has 7 nitrogen and oxygen atoms in total. The lowest BCUT2D eigenvalue weighted by Crippen LogP contribution is -2.38. The Morgan fingerprint density at radius 3 is 2.82 bits per heavy atom. The lowest BCUT2D eigenvalue weighted by molar-refractivity contribution is -0.384. The Balaban J connectivity index is 1.96. The van der Waals surface area contributed by atoms with Crippen molar-refractivity contribution in [2.75, 3.05) is 4.90 Å². The highest BCUT2D eigenvalue weighted by Gasteiger charge is 2.40. The summed E-state index contributed by atoms with van der Waals surface area (Å²) in [6.07, 6.45) is 1.71. The van der Waals surface area contributed by atoms with E-state index in [9.17, 15) is 20.2 Å². The fourth-order valence-electron chi connectivity index (χ4n) is 3.90. The summed E-state index contributed by atoms with van der Waals surface area (Å²) >= 11 is 1.49. The Labute approximate surface area is 165 Å². The number of carbonyl (C=O) groups excluding carboxylic acids is 1. The molecule has 4 rings (SSSR count). The van der Waals surface area contributed by atoms with Crippen LogP contribution in [0.1, 0.15) is 30.7 Å². The fourth-order valence-corrected chi connectivity index (χ4v) is 4.59. The minimum absolute atomic E-state index is 0.00636. The van der Waals surface area contributed by atoms with Crippen LogP contribution in [0.2, 0.25) is 0 Å². The molecule has 0 amide bonds. The van der Waals surface area contributed by atoms with Gasteiger partial charge in [0.2, 0.25) is 0 Å². The number of nitrogens with two attached hydrogens (primary N) is 1. The van der Waals surface area contributed by atoms with Crippen LogP contribution >= 0.6 is 11.3 Å². The van der Waals surface area contributed by atoms with Crippen LogP contribution in [0.15, 0.2) is 63.8 Å². The van der Waals surface area contributed by atoms with Gasteiger partial charge in [-0.15, -0.1) is 0 Å². The number of anilines is 1. The maximum atomic E-state index is 12.9. The molecule has 28 heavy (non-hydrogen) atoms.